The lowest BCUT2D eigenvalue weighted by Crippen LogP contribution is -2.28. The molecule has 0 fully saturated rings. The summed E-state index contributed by atoms with van der Waals surface area (Å²) in [7, 11) is 0. The van der Waals surface area contributed by atoms with E-state index in [0.717, 1.165) is 25.5 Å². The fourth-order valence-electron chi connectivity index (χ4n) is 2.12. The van der Waals surface area contributed by atoms with Gasteiger partial charge in [-0.2, -0.15) is 0 Å². The van der Waals surface area contributed by atoms with E-state index in [2.05, 4.69) is 0 Å². The van der Waals surface area contributed by atoms with E-state index in [1.54, 1.807) is 12.1 Å². The fourth-order valence-corrected chi connectivity index (χ4v) is 2.12. The quantitative estimate of drug-likeness (QED) is 0.586. The molecule has 0 bridgehead atoms. The Hall–Kier alpha value is -1.84. The molecule has 4 heteroatoms. The lowest BCUT2D eigenvalue weighted by atomic mass is 9.95. The summed E-state index contributed by atoms with van der Waals surface area (Å²) in [4.78, 5) is 22.4. The van der Waals surface area contributed by atoms with Gasteiger partial charge >= 0.3 is 5.97 Å². The molecule has 0 aliphatic rings. The number of carbonyl (C=O) groups excluding carboxylic acids is 2. The third-order valence-corrected chi connectivity index (χ3v) is 3.45. The molecule has 1 aromatic rings. The van der Waals surface area contributed by atoms with Gasteiger partial charge in [0.25, 0.3) is 0 Å². The van der Waals surface area contributed by atoms with Crippen molar-refractivity contribution in [1.82, 2.24) is 0 Å². The van der Waals surface area contributed by atoms with E-state index in [4.69, 9.17) is 4.74 Å². The second-order valence-electron chi connectivity index (χ2n) is 6.10. The van der Waals surface area contributed by atoms with Crippen molar-refractivity contribution in [2.75, 3.05) is 0 Å². The van der Waals surface area contributed by atoms with Crippen molar-refractivity contribution in [3.05, 3.63) is 29.8 Å². The molecule has 0 aliphatic heterocycles. The Morgan fingerprint density at radius 2 is 1.95 bits per heavy atom. The zero-order valence-corrected chi connectivity index (χ0v) is 13.0. The first kappa shape index (κ1) is 17.2. The third kappa shape index (κ3) is 6.43. The summed E-state index contributed by atoms with van der Waals surface area (Å²) in [6.45, 7) is 5.81. The summed E-state index contributed by atoms with van der Waals surface area (Å²) in [6, 6.07) is 6.01. The molecular weight excluding hydrogens is 268 g/mol. The Morgan fingerprint density at radius 3 is 2.52 bits per heavy atom. The van der Waals surface area contributed by atoms with Gasteiger partial charge in [-0.25, -0.2) is 4.79 Å². The lowest BCUT2D eigenvalue weighted by Gasteiger charge is -2.25. The van der Waals surface area contributed by atoms with Crippen LogP contribution in [0.25, 0.3) is 0 Å². The second-order valence-corrected chi connectivity index (χ2v) is 6.10. The SMILES string of the molecule is CC(CC=O)CCCC(C)(C)OC(=O)c1ccc(O)cc1. The molecule has 0 saturated heterocycles. The highest BCUT2D eigenvalue weighted by molar-refractivity contribution is 5.89. The minimum absolute atomic E-state index is 0.120. The van der Waals surface area contributed by atoms with E-state index in [1.165, 1.54) is 12.1 Å². The summed E-state index contributed by atoms with van der Waals surface area (Å²) in [6.07, 6.45) is 4.12. The third-order valence-electron chi connectivity index (χ3n) is 3.45. The number of carbonyl (C=O) groups is 2. The van der Waals surface area contributed by atoms with Gasteiger partial charge in [0.1, 0.15) is 17.6 Å². The van der Waals surface area contributed by atoms with Crippen LogP contribution in [0.1, 0.15) is 56.8 Å². The highest BCUT2D eigenvalue weighted by atomic mass is 16.6. The summed E-state index contributed by atoms with van der Waals surface area (Å²) in [5.41, 5.74) is -0.120. The Labute approximate surface area is 126 Å². The van der Waals surface area contributed by atoms with E-state index in [1.807, 2.05) is 20.8 Å². The van der Waals surface area contributed by atoms with Crippen LogP contribution in [-0.2, 0) is 9.53 Å². The van der Waals surface area contributed by atoms with E-state index in [0.29, 0.717) is 17.9 Å². The van der Waals surface area contributed by atoms with Crippen LogP contribution in [0.2, 0.25) is 0 Å². The number of phenols is 1. The van der Waals surface area contributed by atoms with Gasteiger partial charge in [0.15, 0.2) is 0 Å². The van der Waals surface area contributed by atoms with Crippen LogP contribution in [0.4, 0.5) is 0 Å². The monoisotopic (exact) mass is 292 g/mol. The topological polar surface area (TPSA) is 63.6 Å². The maximum atomic E-state index is 12.0. The first-order valence-corrected chi connectivity index (χ1v) is 7.30. The highest BCUT2D eigenvalue weighted by Gasteiger charge is 2.23. The minimum Gasteiger partial charge on any atom is -0.508 e. The van der Waals surface area contributed by atoms with Crippen LogP contribution in [0, 0.1) is 5.92 Å². The predicted octanol–water partition coefficient (Wildman–Crippen LogP) is 3.72. The van der Waals surface area contributed by atoms with Crippen LogP contribution in [0.5, 0.6) is 5.75 Å². The van der Waals surface area contributed by atoms with Crippen LogP contribution in [-0.4, -0.2) is 23.0 Å². The van der Waals surface area contributed by atoms with E-state index in [-0.39, 0.29) is 11.7 Å². The Bertz CT molecular complexity index is 462. The van der Waals surface area contributed by atoms with Crippen LogP contribution < -0.4 is 0 Å². The smallest absolute Gasteiger partial charge is 0.338 e. The maximum absolute atomic E-state index is 12.0. The molecular formula is C17H24O4. The van der Waals surface area contributed by atoms with Crippen molar-refractivity contribution in [2.24, 2.45) is 5.92 Å². The molecule has 0 spiro atoms. The van der Waals surface area contributed by atoms with Crippen molar-refractivity contribution in [2.45, 2.75) is 52.1 Å². The molecule has 1 unspecified atom stereocenters. The van der Waals surface area contributed by atoms with Crippen LogP contribution >= 0.6 is 0 Å². The standard InChI is InChI=1S/C17H24O4/c1-13(10-12-18)5-4-11-17(2,3)21-16(20)14-6-8-15(19)9-7-14/h6-9,12-13,19H,4-5,10-11H2,1-3H3. The zero-order chi connectivity index (χ0) is 15.9. The molecule has 1 aromatic carbocycles. The van der Waals surface area contributed by atoms with Gasteiger partial charge in [0.2, 0.25) is 0 Å². The van der Waals surface area contributed by atoms with Crippen LogP contribution in [0.15, 0.2) is 24.3 Å². The summed E-state index contributed by atoms with van der Waals surface area (Å²) in [5, 5.41) is 9.21. The number of rotatable bonds is 8. The Kier molecular flexibility index (Phi) is 6.40. The van der Waals surface area contributed by atoms with E-state index >= 15 is 0 Å². The number of aldehydes is 1. The van der Waals surface area contributed by atoms with E-state index < -0.39 is 5.60 Å². The second kappa shape index (κ2) is 7.81. The first-order valence-electron chi connectivity index (χ1n) is 7.30. The van der Waals surface area contributed by atoms with E-state index in [9.17, 15) is 14.7 Å². The number of hydrogen-bond donors (Lipinski definition) is 1. The molecule has 0 heterocycles. The number of aromatic hydroxyl groups is 1. The first-order chi connectivity index (χ1) is 9.84. The number of benzene rings is 1. The molecule has 1 N–H and O–H groups in total. The average Bonchev–Trinajstić information content (AvgIpc) is 2.38. The molecule has 0 saturated carbocycles. The largest absolute Gasteiger partial charge is 0.508 e. The van der Waals surface area contributed by atoms with Gasteiger partial charge in [-0.05, 0) is 56.9 Å². The molecule has 21 heavy (non-hydrogen) atoms. The maximum Gasteiger partial charge on any atom is 0.338 e. The number of ether oxygens (including phenoxy) is 1. The van der Waals surface area contributed by atoms with Crippen molar-refractivity contribution >= 4 is 12.3 Å². The molecule has 0 radical (unpaired) electrons. The van der Waals surface area contributed by atoms with Gasteiger partial charge in [-0.1, -0.05) is 13.3 Å². The molecule has 0 aromatic heterocycles. The molecule has 1 atom stereocenters. The molecule has 116 valence electrons. The predicted molar refractivity (Wildman–Crippen MR) is 81.3 cm³/mol. The summed E-state index contributed by atoms with van der Waals surface area (Å²) >= 11 is 0. The van der Waals surface area contributed by atoms with Crippen LogP contribution in [0.3, 0.4) is 0 Å². The van der Waals surface area contributed by atoms with Gasteiger partial charge in [-0.15, -0.1) is 0 Å². The highest BCUT2D eigenvalue weighted by Crippen LogP contribution is 2.22. The lowest BCUT2D eigenvalue weighted by molar-refractivity contribution is -0.108. The Balaban J connectivity index is 2.45. The molecule has 0 aliphatic carbocycles. The summed E-state index contributed by atoms with van der Waals surface area (Å²) in [5.74, 6) is 0.0991. The number of esters is 1. The fraction of sp³-hybridized carbons (Fsp3) is 0.529. The zero-order valence-electron chi connectivity index (χ0n) is 13.0. The van der Waals surface area contributed by atoms with Crippen molar-refractivity contribution in [3.8, 4) is 5.75 Å². The number of hydrogen-bond acceptors (Lipinski definition) is 4. The minimum atomic E-state index is -0.546. The summed E-state index contributed by atoms with van der Waals surface area (Å²) < 4.78 is 5.52. The average molecular weight is 292 g/mol. The normalized spacial score (nSPS) is 12.7. The van der Waals surface area contributed by atoms with Gasteiger partial charge in [0, 0.05) is 6.42 Å². The van der Waals surface area contributed by atoms with Crippen molar-refractivity contribution < 1.29 is 19.4 Å². The molecule has 4 nitrogen and oxygen atoms in total. The molecule has 1 rings (SSSR count). The van der Waals surface area contributed by atoms with Gasteiger partial charge in [0.05, 0.1) is 5.56 Å². The van der Waals surface area contributed by atoms with Crippen molar-refractivity contribution in [1.29, 1.82) is 0 Å². The van der Waals surface area contributed by atoms with Gasteiger partial charge < -0.3 is 14.6 Å². The van der Waals surface area contributed by atoms with Crippen molar-refractivity contribution in [3.63, 3.8) is 0 Å². The Morgan fingerprint density at radius 1 is 1.33 bits per heavy atom. The van der Waals surface area contributed by atoms with Gasteiger partial charge in [-0.3, -0.25) is 0 Å². The molecule has 0 amide bonds. The number of phenolic OH excluding ortho intramolecular Hbond substituents is 1.